The van der Waals surface area contributed by atoms with E-state index in [4.69, 9.17) is 16.3 Å². The summed E-state index contributed by atoms with van der Waals surface area (Å²) in [4.78, 5) is -0.163. The molecule has 0 spiro atoms. The van der Waals surface area contributed by atoms with E-state index < -0.39 is 38.8 Å². The van der Waals surface area contributed by atoms with Gasteiger partial charge in [0.15, 0.2) is 0 Å². The Morgan fingerprint density at radius 3 is 2.73 bits per heavy atom. The second-order valence-electron chi connectivity index (χ2n) is 5.92. The van der Waals surface area contributed by atoms with Crippen molar-refractivity contribution in [3.8, 4) is 5.75 Å². The maximum Gasteiger partial charge on any atom is 0.246 e. The number of alkyl halides is 1. The lowest BCUT2D eigenvalue weighted by molar-refractivity contribution is 0.0880. The highest BCUT2D eigenvalue weighted by Gasteiger charge is 2.41. The predicted molar refractivity (Wildman–Crippen MR) is 97.0 cm³/mol. The molecule has 1 fully saturated rings. The normalized spacial score (nSPS) is 22.1. The van der Waals surface area contributed by atoms with Crippen molar-refractivity contribution in [2.45, 2.75) is 23.4 Å². The first-order valence-electron chi connectivity index (χ1n) is 7.68. The largest absolute Gasteiger partial charge is 0.495 e. The third-order valence-corrected chi connectivity index (χ3v) is 7.13. The summed E-state index contributed by atoms with van der Waals surface area (Å²) in [6.45, 7) is 2.22. The minimum atomic E-state index is -4.07. The molecule has 1 aliphatic heterocycles. The van der Waals surface area contributed by atoms with E-state index in [1.54, 1.807) is 0 Å². The van der Waals surface area contributed by atoms with Gasteiger partial charge in [-0.15, -0.1) is 0 Å². The molecule has 1 aliphatic rings. The highest BCUT2D eigenvalue weighted by Crippen LogP contribution is 2.33. The predicted octanol–water partition coefficient (Wildman–Crippen LogP) is 1.90. The van der Waals surface area contributed by atoms with Gasteiger partial charge in [-0.05, 0) is 31.0 Å². The zero-order valence-corrected chi connectivity index (χ0v) is 16.5. The molecular formula is C15H20ClFN2O5S2. The first-order chi connectivity index (χ1) is 12.0. The van der Waals surface area contributed by atoms with Crippen LogP contribution in [0.1, 0.15) is 12.8 Å². The second kappa shape index (κ2) is 7.81. The minimum Gasteiger partial charge on any atom is -0.495 e. The number of rotatable bonds is 7. The van der Waals surface area contributed by atoms with Gasteiger partial charge in [0, 0.05) is 30.1 Å². The van der Waals surface area contributed by atoms with E-state index in [9.17, 15) is 16.8 Å². The van der Waals surface area contributed by atoms with Crippen LogP contribution in [0.5, 0.6) is 5.75 Å². The standard InChI is InChI=1S/C15H20ClFN2O5S2/c1-3-25(20,21)18-10-15(17)7-4-8-19(11-15)26(22,23)14-9-12(16)5-6-13(14)24-2/h3,5-6,9,18H,1,4,7-8,10-11H2,2H3. The molecule has 1 atom stereocenters. The zero-order chi connectivity index (χ0) is 19.6. The van der Waals surface area contributed by atoms with E-state index in [1.165, 1.54) is 25.3 Å². The molecule has 1 aromatic carbocycles. The van der Waals surface area contributed by atoms with Crippen molar-refractivity contribution in [3.63, 3.8) is 0 Å². The van der Waals surface area contributed by atoms with E-state index in [-0.39, 0.29) is 35.1 Å². The van der Waals surface area contributed by atoms with Gasteiger partial charge in [0.05, 0.1) is 7.11 Å². The number of ether oxygens (including phenoxy) is 1. The Morgan fingerprint density at radius 2 is 2.12 bits per heavy atom. The van der Waals surface area contributed by atoms with Gasteiger partial charge >= 0.3 is 0 Å². The van der Waals surface area contributed by atoms with Crippen LogP contribution in [0.15, 0.2) is 35.1 Å². The number of hydrogen-bond acceptors (Lipinski definition) is 5. The minimum absolute atomic E-state index is 0.0331. The lowest BCUT2D eigenvalue weighted by atomic mass is 9.96. The van der Waals surface area contributed by atoms with Gasteiger partial charge in [-0.25, -0.2) is 25.9 Å². The van der Waals surface area contributed by atoms with Crippen LogP contribution in [-0.2, 0) is 20.0 Å². The quantitative estimate of drug-likeness (QED) is 0.718. The van der Waals surface area contributed by atoms with E-state index >= 15 is 4.39 Å². The SMILES string of the molecule is C=CS(=O)(=O)NCC1(F)CCCN(S(=O)(=O)c2cc(Cl)ccc2OC)C1. The third kappa shape index (κ3) is 4.74. The van der Waals surface area contributed by atoms with Crippen LogP contribution in [0.3, 0.4) is 0 Å². The maximum atomic E-state index is 15.1. The Bertz CT molecular complexity index is 891. The molecule has 1 heterocycles. The smallest absolute Gasteiger partial charge is 0.246 e. The van der Waals surface area contributed by atoms with Crippen molar-refractivity contribution < 1.29 is 26.0 Å². The molecule has 0 radical (unpaired) electrons. The number of halogens is 2. The number of methoxy groups -OCH3 is 1. The van der Waals surface area contributed by atoms with Crippen LogP contribution in [0.2, 0.25) is 5.02 Å². The molecule has 0 amide bonds. The van der Waals surface area contributed by atoms with Crippen molar-refractivity contribution in [3.05, 3.63) is 35.2 Å². The van der Waals surface area contributed by atoms with Gasteiger partial charge in [0.25, 0.3) is 0 Å². The van der Waals surface area contributed by atoms with Crippen LogP contribution in [0.25, 0.3) is 0 Å². The van der Waals surface area contributed by atoms with Crippen LogP contribution in [0.4, 0.5) is 4.39 Å². The lowest BCUT2D eigenvalue weighted by Gasteiger charge is -2.36. The monoisotopic (exact) mass is 426 g/mol. The molecule has 0 bridgehead atoms. The number of hydrogen-bond donors (Lipinski definition) is 1. The lowest BCUT2D eigenvalue weighted by Crippen LogP contribution is -2.52. The Hall–Kier alpha value is -1.20. The van der Waals surface area contributed by atoms with Crippen molar-refractivity contribution in [1.29, 1.82) is 0 Å². The molecule has 0 aliphatic carbocycles. The van der Waals surface area contributed by atoms with Gasteiger partial charge in [-0.1, -0.05) is 18.2 Å². The number of nitrogens with one attached hydrogen (secondary N) is 1. The molecule has 26 heavy (non-hydrogen) atoms. The molecule has 0 saturated carbocycles. The highest BCUT2D eigenvalue weighted by molar-refractivity contribution is 7.92. The van der Waals surface area contributed by atoms with E-state index in [0.29, 0.717) is 5.41 Å². The number of piperidine rings is 1. The average molecular weight is 427 g/mol. The van der Waals surface area contributed by atoms with Gasteiger partial charge < -0.3 is 4.74 Å². The topological polar surface area (TPSA) is 92.8 Å². The van der Waals surface area contributed by atoms with Crippen LogP contribution >= 0.6 is 11.6 Å². The molecule has 11 heteroatoms. The molecule has 1 N–H and O–H groups in total. The van der Waals surface area contributed by atoms with Crippen LogP contribution < -0.4 is 9.46 Å². The number of nitrogens with zero attached hydrogens (tertiary/aromatic N) is 1. The van der Waals surface area contributed by atoms with Gasteiger partial charge in [-0.2, -0.15) is 4.31 Å². The maximum absolute atomic E-state index is 15.1. The van der Waals surface area contributed by atoms with E-state index in [0.717, 1.165) is 4.31 Å². The first-order valence-corrected chi connectivity index (χ1v) is 11.0. The molecular weight excluding hydrogens is 407 g/mol. The molecule has 1 aromatic rings. The third-order valence-electron chi connectivity index (χ3n) is 4.05. The number of sulfonamides is 2. The van der Waals surface area contributed by atoms with Crippen LogP contribution in [-0.4, -0.2) is 53.6 Å². The van der Waals surface area contributed by atoms with Gasteiger partial charge in [-0.3, -0.25) is 0 Å². The van der Waals surface area contributed by atoms with Crippen molar-refractivity contribution >= 4 is 31.6 Å². The van der Waals surface area contributed by atoms with Gasteiger partial charge in [0.2, 0.25) is 20.0 Å². The number of benzene rings is 1. The van der Waals surface area contributed by atoms with Crippen molar-refractivity contribution in [2.24, 2.45) is 0 Å². The zero-order valence-electron chi connectivity index (χ0n) is 14.1. The summed E-state index contributed by atoms with van der Waals surface area (Å²) in [5, 5.41) is 0.872. The Labute approximate surface area is 157 Å². The summed E-state index contributed by atoms with van der Waals surface area (Å²) in [5.41, 5.74) is -2.03. The van der Waals surface area contributed by atoms with Gasteiger partial charge in [0.1, 0.15) is 16.3 Å². The average Bonchev–Trinajstić information content (AvgIpc) is 2.60. The fraction of sp³-hybridized carbons (Fsp3) is 0.467. The Morgan fingerprint density at radius 1 is 1.42 bits per heavy atom. The molecule has 146 valence electrons. The highest BCUT2D eigenvalue weighted by atomic mass is 35.5. The van der Waals surface area contributed by atoms with Crippen molar-refractivity contribution in [2.75, 3.05) is 26.7 Å². The molecule has 1 saturated heterocycles. The summed E-state index contributed by atoms with van der Waals surface area (Å²) in [7, 11) is -6.56. The summed E-state index contributed by atoms with van der Waals surface area (Å²) < 4.78 is 72.0. The molecule has 2 rings (SSSR count). The summed E-state index contributed by atoms with van der Waals surface area (Å²) in [5.74, 6) is 0.0943. The van der Waals surface area contributed by atoms with Crippen LogP contribution in [0, 0.1) is 0 Å². The van der Waals surface area contributed by atoms with Crippen molar-refractivity contribution in [1.82, 2.24) is 9.03 Å². The Balaban J connectivity index is 2.28. The Kier molecular flexibility index (Phi) is 6.34. The summed E-state index contributed by atoms with van der Waals surface area (Å²) in [6, 6.07) is 4.14. The molecule has 1 unspecified atom stereocenters. The van der Waals surface area contributed by atoms with E-state index in [2.05, 4.69) is 11.3 Å². The summed E-state index contributed by atoms with van der Waals surface area (Å²) in [6.07, 6.45) is 0.278. The summed E-state index contributed by atoms with van der Waals surface area (Å²) >= 11 is 5.89. The fourth-order valence-electron chi connectivity index (χ4n) is 2.68. The van der Waals surface area contributed by atoms with E-state index in [1.807, 2.05) is 0 Å². The first kappa shape index (κ1) is 21.1. The molecule has 7 nitrogen and oxygen atoms in total. The second-order valence-corrected chi connectivity index (χ2v) is 9.98. The fourth-order valence-corrected chi connectivity index (χ4v) is 5.22. The molecule has 0 aromatic heterocycles.